The first-order chi connectivity index (χ1) is 14.6. The van der Waals surface area contributed by atoms with E-state index in [1.165, 1.54) is 17.5 Å². The lowest BCUT2D eigenvalue weighted by atomic mass is 9.91. The Labute approximate surface area is 187 Å². The standard InChI is InChI=1S/C24H29N3OS2/c1-17-9-18(2)13-27(12-17)14-20-6-4-3-5-19(20)11-25-23(28)10-22-16-30-24(26-22)21-7-8-29-15-21/h3-8,15-18H,9-14H2,1-2H3,(H,25,28). The van der Waals surface area contributed by atoms with Crippen LogP contribution < -0.4 is 5.32 Å². The molecule has 30 heavy (non-hydrogen) atoms. The summed E-state index contributed by atoms with van der Waals surface area (Å²) in [5.74, 6) is 1.52. The number of nitrogens with zero attached hydrogens (tertiary/aromatic N) is 2. The van der Waals surface area contributed by atoms with Gasteiger partial charge in [-0.2, -0.15) is 11.3 Å². The third kappa shape index (κ3) is 5.56. The van der Waals surface area contributed by atoms with E-state index in [2.05, 4.69) is 64.8 Å². The number of nitrogens with one attached hydrogen (secondary N) is 1. The summed E-state index contributed by atoms with van der Waals surface area (Å²) in [5, 5.41) is 10.2. The highest BCUT2D eigenvalue weighted by Gasteiger charge is 2.22. The van der Waals surface area contributed by atoms with Crippen molar-refractivity contribution in [2.24, 2.45) is 11.8 Å². The van der Waals surface area contributed by atoms with Crippen LogP contribution in [0.5, 0.6) is 0 Å². The van der Waals surface area contributed by atoms with Gasteiger partial charge in [-0.15, -0.1) is 11.3 Å². The minimum Gasteiger partial charge on any atom is -0.352 e. The van der Waals surface area contributed by atoms with Crippen LogP contribution in [0.3, 0.4) is 0 Å². The maximum atomic E-state index is 12.5. The van der Waals surface area contributed by atoms with Crippen molar-refractivity contribution in [3.05, 3.63) is 63.3 Å². The monoisotopic (exact) mass is 439 g/mol. The molecule has 0 saturated carbocycles. The van der Waals surface area contributed by atoms with Gasteiger partial charge in [0.25, 0.3) is 0 Å². The van der Waals surface area contributed by atoms with Gasteiger partial charge >= 0.3 is 0 Å². The largest absolute Gasteiger partial charge is 0.352 e. The quantitative estimate of drug-likeness (QED) is 0.550. The van der Waals surface area contributed by atoms with Gasteiger partial charge in [-0.05, 0) is 40.8 Å². The minimum atomic E-state index is 0.0205. The molecule has 1 fully saturated rings. The molecule has 158 valence electrons. The third-order valence-corrected chi connectivity index (χ3v) is 7.22. The summed E-state index contributed by atoms with van der Waals surface area (Å²) in [6, 6.07) is 10.5. The van der Waals surface area contributed by atoms with E-state index in [-0.39, 0.29) is 5.91 Å². The summed E-state index contributed by atoms with van der Waals surface area (Å²) in [6.45, 7) is 8.52. The van der Waals surface area contributed by atoms with Gasteiger partial charge in [0.15, 0.2) is 0 Å². The fraction of sp³-hybridized carbons (Fsp3) is 0.417. The summed E-state index contributed by atoms with van der Waals surface area (Å²) in [6.07, 6.45) is 1.64. The van der Waals surface area contributed by atoms with E-state index in [0.717, 1.165) is 47.7 Å². The first kappa shape index (κ1) is 21.2. The van der Waals surface area contributed by atoms with Gasteiger partial charge in [0.05, 0.1) is 12.1 Å². The summed E-state index contributed by atoms with van der Waals surface area (Å²) in [4.78, 5) is 19.7. The lowest BCUT2D eigenvalue weighted by Crippen LogP contribution is -2.38. The second kappa shape index (κ2) is 9.86. The Hall–Kier alpha value is -2.02. The Bertz CT molecular complexity index is 957. The lowest BCUT2D eigenvalue weighted by molar-refractivity contribution is -0.120. The Kier molecular flexibility index (Phi) is 6.97. The van der Waals surface area contributed by atoms with Gasteiger partial charge < -0.3 is 5.32 Å². The zero-order valence-electron chi connectivity index (χ0n) is 17.6. The number of amides is 1. The average Bonchev–Trinajstić information content (AvgIpc) is 3.38. The molecule has 0 radical (unpaired) electrons. The molecule has 0 spiro atoms. The SMILES string of the molecule is CC1CC(C)CN(Cc2ccccc2CNC(=O)Cc2csc(-c3ccsc3)n2)C1. The van der Waals surface area contributed by atoms with Crippen LogP contribution in [0.25, 0.3) is 10.6 Å². The van der Waals surface area contributed by atoms with E-state index in [1.54, 1.807) is 22.7 Å². The maximum Gasteiger partial charge on any atom is 0.226 e. The van der Waals surface area contributed by atoms with Crippen molar-refractivity contribution >= 4 is 28.6 Å². The fourth-order valence-electron chi connectivity index (χ4n) is 4.37. The number of hydrogen-bond donors (Lipinski definition) is 1. The highest BCUT2D eigenvalue weighted by molar-refractivity contribution is 7.14. The van der Waals surface area contributed by atoms with E-state index in [0.29, 0.717) is 13.0 Å². The van der Waals surface area contributed by atoms with Gasteiger partial charge in [-0.25, -0.2) is 4.98 Å². The molecular formula is C24H29N3OS2. The molecule has 4 rings (SSSR count). The number of carbonyl (C=O) groups is 1. The fourth-order valence-corrected chi connectivity index (χ4v) is 5.91. The van der Waals surface area contributed by atoms with Gasteiger partial charge in [-0.3, -0.25) is 9.69 Å². The van der Waals surface area contributed by atoms with Crippen LogP contribution in [0.1, 0.15) is 37.1 Å². The predicted octanol–water partition coefficient (Wildman–Crippen LogP) is 5.21. The molecule has 4 nitrogen and oxygen atoms in total. The summed E-state index contributed by atoms with van der Waals surface area (Å²) in [7, 11) is 0. The number of hydrogen-bond acceptors (Lipinski definition) is 5. The summed E-state index contributed by atoms with van der Waals surface area (Å²) >= 11 is 3.26. The molecule has 2 aromatic heterocycles. The van der Waals surface area contributed by atoms with Crippen LogP contribution in [-0.2, 0) is 24.3 Å². The molecule has 0 aliphatic carbocycles. The van der Waals surface area contributed by atoms with E-state index < -0.39 is 0 Å². The molecule has 0 bridgehead atoms. The van der Waals surface area contributed by atoms with E-state index >= 15 is 0 Å². The maximum absolute atomic E-state index is 12.5. The summed E-state index contributed by atoms with van der Waals surface area (Å²) < 4.78 is 0. The van der Waals surface area contributed by atoms with Gasteiger partial charge in [0.1, 0.15) is 5.01 Å². The molecule has 1 saturated heterocycles. The second-order valence-electron chi connectivity index (χ2n) is 8.52. The van der Waals surface area contributed by atoms with E-state index in [1.807, 2.05) is 10.8 Å². The molecular weight excluding hydrogens is 410 g/mol. The minimum absolute atomic E-state index is 0.0205. The van der Waals surface area contributed by atoms with Crippen molar-refractivity contribution in [2.45, 2.75) is 39.8 Å². The van der Waals surface area contributed by atoms with Crippen LogP contribution in [0.4, 0.5) is 0 Å². The first-order valence-electron chi connectivity index (χ1n) is 10.6. The Morgan fingerprint density at radius 2 is 1.90 bits per heavy atom. The number of likely N-dealkylation sites (tertiary alicyclic amines) is 1. The summed E-state index contributed by atoms with van der Waals surface area (Å²) in [5.41, 5.74) is 4.48. The Morgan fingerprint density at radius 3 is 2.63 bits per heavy atom. The molecule has 1 amide bonds. The molecule has 1 aromatic carbocycles. The van der Waals surface area contributed by atoms with Crippen molar-refractivity contribution in [3.8, 4) is 10.6 Å². The molecule has 2 atom stereocenters. The third-order valence-electron chi connectivity index (χ3n) is 5.59. The zero-order chi connectivity index (χ0) is 20.9. The van der Waals surface area contributed by atoms with Crippen LogP contribution in [-0.4, -0.2) is 28.9 Å². The highest BCUT2D eigenvalue weighted by atomic mass is 32.1. The normalized spacial score (nSPS) is 19.7. The number of aromatic nitrogens is 1. The van der Waals surface area contributed by atoms with E-state index in [4.69, 9.17) is 0 Å². The molecule has 1 aliphatic rings. The van der Waals surface area contributed by atoms with Crippen LogP contribution in [0.15, 0.2) is 46.5 Å². The number of thiophene rings is 1. The number of thiazole rings is 1. The molecule has 6 heteroatoms. The van der Waals surface area contributed by atoms with Gasteiger partial charge in [0.2, 0.25) is 5.91 Å². The Morgan fingerprint density at radius 1 is 1.13 bits per heavy atom. The molecule has 3 heterocycles. The molecule has 2 unspecified atom stereocenters. The lowest BCUT2D eigenvalue weighted by Gasteiger charge is -2.35. The average molecular weight is 440 g/mol. The highest BCUT2D eigenvalue weighted by Crippen LogP contribution is 2.26. The molecule has 3 aromatic rings. The number of benzene rings is 1. The van der Waals surface area contributed by atoms with Crippen LogP contribution in [0, 0.1) is 11.8 Å². The number of piperidine rings is 1. The van der Waals surface area contributed by atoms with Crippen molar-refractivity contribution in [1.82, 2.24) is 15.2 Å². The second-order valence-corrected chi connectivity index (χ2v) is 10.2. The van der Waals surface area contributed by atoms with Gasteiger partial charge in [-0.1, -0.05) is 38.1 Å². The predicted molar refractivity (Wildman–Crippen MR) is 126 cm³/mol. The zero-order valence-corrected chi connectivity index (χ0v) is 19.3. The molecule has 1 N–H and O–H groups in total. The van der Waals surface area contributed by atoms with Gasteiger partial charge in [0, 0.05) is 42.5 Å². The smallest absolute Gasteiger partial charge is 0.226 e. The number of rotatable bonds is 7. The van der Waals surface area contributed by atoms with Crippen LogP contribution >= 0.6 is 22.7 Å². The van der Waals surface area contributed by atoms with Crippen molar-refractivity contribution in [2.75, 3.05) is 13.1 Å². The van der Waals surface area contributed by atoms with E-state index in [9.17, 15) is 4.79 Å². The molecule has 1 aliphatic heterocycles. The van der Waals surface area contributed by atoms with Crippen LogP contribution in [0.2, 0.25) is 0 Å². The first-order valence-corrected chi connectivity index (χ1v) is 12.4. The topological polar surface area (TPSA) is 45.2 Å². The van der Waals surface area contributed by atoms with Crippen molar-refractivity contribution in [3.63, 3.8) is 0 Å². The Balaban J connectivity index is 1.33. The number of carbonyl (C=O) groups excluding carboxylic acids is 1. The van der Waals surface area contributed by atoms with Crippen molar-refractivity contribution < 1.29 is 4.79 Å². The van der Waals surface area contributed by atoms with Crippen molar-refractivity contribution in [1.29, 1.82) is 0 Å².